The fourth-order valence-corrected chi connectivity index (χ4v) is 2.94. The third-order valence-corrected chi connectivity index (χ3v) is 3.99. The maximum Gasteiger partial charge on any atom is 0.356 e. The average Bonchev–Trinajstić information content (AvgIpc) is 2.94. The Morgan fingerprint density at radius 3 is 3.00 bits per heavy atom. The van der Waals surface area contributed by atoms with Gasteiger partial charge in [0, 0.05) is 12.7 Å². The Kier molecular flexibility index (Phi) is 4.49. The Morgan fingerprint density at radius 1 is 1.58 bits per heavy atom. The maximum absolute atomic E-state index is 10.9. The topological polar surface area (TPSA) is 68.0 Å². The van der Waals surface area contributed by atoms with Gasteiger partial charge in [-0.3, -0.25) is 4.68 Å². The predicted molar refractivity (Wildman–Crippen MR) is 78.2 cm³/mol. The van der Waals surface area contributed by atoms with Crippen molar-refractivity contribution in [2.24, 2.45) is 0 Å². The zero-order chi connectivity index (χ0) is 13.8. The van der Waals surface area contributed by atoms with Crippen molar-refractivity contribution in [2.45, 2.75) is 19.9 Å². The lowest BCUT2D eigenvalue weighted by atomic mass is 10.4. The van der Waals surface area contributed by atoms with E-state index in [9.17, 15) is 4.79 Å². The van der Waals surface area contributed by atoms with E-state index in [4.69, 9.17) is 5.11 Å². The third kappa shape index (κ3) is 3.51. The van der Waals surface area contributed by atoms with Crippen LogP contribution in [0.5, 0.6) is 0 Å². The van der Waals surface area contributed by atoms with Crippen LogP contribution in [0.2, 0.25) is 0 Å². The molecule has 0 aliphatic carbocycles. The number of hydrogen-bond acceptors (Lipinski definition) is 4. The largest absolute Gasteiger partial charge is 0.476 e. The summed E-state index contributed by atoms with van der Waals surface area (Å²) < 4.78 is 2.40. The zero-order valence-corrected chi connectivity index (χ0v) is 12.6. The molecule has 2 aromatic heterocycles. The van der Waals surface area contributed by atoms with E-state index in [0.717, 1.165) is 18.7 Å². The molecule has 1 N–H and O–H groups in total. The van der Waals surface area contributed by atoms with Crippen LogP contribution >= 0.6 is 27.3 Å². The molecule has 0 unspecified atom stereocenters. The molecule has 0 fully saturated rings. The van der Waals surface area contributed by atoms with Gasteiger partial charge in [-0.25, -0.2) is 9.78 Å². The van der Waals surface area contributed by atoms with Gasteiger partial charge in [0.1, 0.15) is 8.79 Å². The lowest BCUT2D eigenvalue weighted by Gasteiger charge is -1.94. The number of halogens is 1. The fourth-order valence-electron chi connectivity index (χ4n) is 1.50. The van der Waals surface area contributed by atoms with Gasteiger partial charge >= 0.3 is 5.97 Å². The van der Waals surface area contributed by atoms with Gasteiger partial charge in [0.2, 0.25) is 0 Å². The van der Waals surface area contributed by atoms with Gasteiger partial charge in [-0.2, -0.15) is 5.10 Å². The average molecular weight is 342 g/mol. The van der Waals surface area contributed by atoms with Gasteiger partial charge in [0.05, 0.1) is 5.69 Å². The van der Waals surface area contributed by atoms with Crippen LogP contribution in [0.4, 0.5) is 0 Å². The van der Waals surface area contributed by atoms with Crippen LogP contribution < -0.4 is 0 Å². The summed E-state index contributed by atoms with van der Waals surface area (Å²) in [6, 6.07) is 1.91. The molecule has 2 rings (SSSR count). The lowest BCUT2D eigenvalue weighted by Crippen LogP contribution is -1.97. The molecule has 0 spiro atoms. The van der Waals surface area contributed by atoms with Gasteiger partial charge < -0.3 is 5.11 Å². The number of aromatic nitrogens is 3. The molecule has 7 heteroatoms. The molecule has 0 bridgehead atoms. The number of hydrogen-bond donors (Lipinski definition) is 1. The minimum Gasteiger partial charge on any atom is -0.476 e. The van der Waals surface area contributed by atoms with Crippen molar-refractivity contribution in [1.29, 1.82) is 0 Å². The van der Waals surface area contributed by atoms with Gasteiger partial charge in [-0.15, -0.1) is 11.3 Å². The molecule has 0 aliphatic rings. The SMILES string of the molecule is CCCn1ccc(/C=C/c2nc(C(=O)O)c(Br)s2)n1. The minimum absolute atomic E-state index is 0.0427. The van der Waals surface area contributed by atoms with Gasteiger partial charge in [-0.1, -0.05) is 6.92 Å². The molecule has 19 heavy (non-hydrogen) atoms. The molecule has 2 aromatic rings. The molecule has 100 valence electrons. The fraction of sp³-hybridized carbons (Fsp3) is 0.250. The highest BCUT2D eigenvalue weighted by molar-refractivity contribution is 9.11. The first-order chi connectivity index (χ1) is 9.10. The van der Waals surface area contributed by atoms with Crippen LogP contribution in [0.15, 0.2) is 16.0 Å². The second kappa shape index (κ2) is 6.12. The monoisotopic (exact) mass is 341 g/mol. The first-order valence-corrected chi connectivity index (χ1v) is 7.32. The van der Waals surface area contributed by atoms with E-state index >= 15 is 0 Å². The highest BCUT2D eigenvalue weighted by Crippen LogP contribution is 2.26. The molecule has 0 saturated heterocycles. The Balaban J connectivity index is 2.13. The number of rotatable bonds is 5. The zero-order valence-electron chi connectivity index (χ0n) is 10.2. The molecule has 5 nitrogen and oxygen atoms in total. The van der Waals surface area contributed by atoms with Crippen LogP contribution in [0.1, 0.15) is 34.5 Å². The summed E-state index contributed by atoms with van der Waals surface area (Å²) in [7, 11) is 0. The first kappa shape index (κ1) is 14.0. The van der Waals surface area contributed by atoms with Gasteiger partial charge in [-0.05, 0) is 40.6 Å². The van der Waals surface area contributed by atoms with Crippen molar-refractivity contribution in [1.82, 2.24) is 14.8 Å². The van der Waals surface area contributed by atoms with Crippen molar-refractivity contribution in [3.63, 3.8) is 0 Å². The number of nitrogens with zero attached hydrogens (tertiary/aromatic N) is 3. The smallest absolute Gasteiger partial charge is 0.356 e. The Hall–Kier alpha value is -1.47. The molecule has 0 saturated carbocycles. The summed E-state index contributed by atoms with van der Waals surface area (Å²) in [5.41, 5.74) is 0.873. The standard InChI is InChI=1S/C12H12BrN3O2S/c1-2-6-16-7-5-8(15-16)3-4-9-14-10(12(17)18)11(13)19-9/h3-5,7H,2,6H2,1H3,(H,17,18)/b4-3+. The van der Waals surface area contributed by atoms with E-state index in [2.05, 4.69) is 32.9 Å². The molecule has 0 atom stereocenters. The number of thiazole rings is 1. The van der Waals surface area contributed by atoms with E-state index in [1.165, 1.54) is 11.3 Å². The van der Waals surface area contributed by atoms with Gasteiger partial charge in [0.25, 0.3) is 0 Å². The number of carbonyl (C=O) groups is 1. The van der Waals surface area contributed by atoms with Crippen molar-refractivity contribution >= 4 is 45.4 Å². The number of carboxylic acid groups (broad SMARTS) is 1. The summed E-state index contributed by atoms with van der Waals surface area (Å²) in [5, 5.41) is 13.9. The first-order valence-electron chi connectivity index (χ1n) is 5.71. The molecule has 0 aromatic carbocycles. The quantitative estimate of drug-likeness (QED) is 0.904. The summed E-state index contributed by atoms with van der Waals surface area (Å²) in [4.78, 5) is 14.9. The van der Waals surface area contributed by atoms with E-state index in [-0.39, 0.29) is 5.69 Å². The van der Waals surface area contributed by atoms with Crippen LogP contribution in [-0.2, 0) is 6.54 Å². The summed E-state index contributed by atoms with van der Waals surface area (Å²) in [5.74, 6) is -1.03. The van der Waals surface area contributed by atoms with E-state index in [1.54, 1.807) is 6.08 Å². The highest BCUT2D eigenvalue weighted by Gasteiger charge is 2.13. The lowest BCUT2D eigenvalue weighted by molar-refractivity contribution is 0.0690. The van der Waals surface area contributed by atoms with Crippen LogP contribution in [0, 0.1) is 0 Å². The molecule has 0 radical (unpaired) electrons. The molecule has 2 heterocycles. The van der Waals surface area contributed by atoms with Crippen molar-refractivity contribution in [3.8, 4) is 0 Å². The van der Waals surface area contributed by atoms with E-state index in [1.807, 2.05) is 23.0 Å². The Labute approximate surface area is 122 Å². The molecule has 0 amide bonds. The maximum atomic E-state index is 10.9. The summed E-state index contributed by atoms with van der Waals surface area (Å²) in [6.45, 7) is 2.98. The van der Waals surface area contributed by atoms with E-state index < -0.39 is 5.97 Å². The summed E-state index contributed by atoms with van der Waals surface area (Å²) in [6.07, 6.45) is 6.54. The number of carboxylic acids is 1. The van der Waals surface area contributed by atoms with Crippen LogP contribution in [-0.4, -0.2) is 25.8 Å². The van der Waals surface area contributed by atoms with Gasteiger partial charge in [0.15, 0.2) is 5.69 Å². The van der Waals surface area contributed by atoms with Crippen molar-refractivity contribution < 1.29 is 9.90 Å². The second-order valence-electron chi connectivity index (χ2n) is 3.82. The minimum atomic E-state index is -1.03. The van der Waals surface area contributed by atoms with Crippen LogP contribution in [0.25, 0.3) is 12.2 Å². The molecule has 0 aliphatic heterocycles. The predicted octanol–water partition coefficient (Wildman–Crippen LogP) is 3.38. The number of aromatic carboxylic acids is 1. The highest BCUT2D eigenvalue weighted by atomic mass is 79.9. The Morgan fingerprint density at radius 2 is 2.37 bits per heavy atom. The number of aryl methyl sites for hydroxylation is 1. The van der Waals surface area contributed by atoms with Crippen molar-refractivity contribution in [3.05, 3.63) is 32.4 Å². The normalized spacial score (nSPS) is 11.3. The second-order valence-corrected chi connectivity index (χ2v) is 6.17. The van der Waals surface area contributed by atoms with E-state index in [0.29, 0.717) is 8.79 Å². The summed E-state index contributed by atoms with van der Waals surface area (Å²) >= 11 is 4.47. The molecular formula is C12H12BrN3O2S. The van der Waals surface area contributed by atoms with Crippen molar-refractivity contribution in [2.75, 3.05) is 0 Å². The molecular weight excluding hydrogens is 330 g/mol. The Bertz CT molecular complexity index is 618. The third-order valence-electron chi connectivity index (χ3n) is 2.32. The van der Waals surface area contributed by atoms with Crippen LogP contribution in [0.3, 0.4) is 0 Å².